The molecule has 1 fully saturated rings. The standard InChI is InChI=1S/C19H22N2O3S/c1-14-7-9-18(10-8-14)25(23,24)21-12-11-20(19(22)16(21)3)17-6-4-5-15(2)13-17/h4-10,13,16H,11-12H2,1-3H3/t16-/m1/s1. The molecule has 5 nitrogen and oxygen atoms in total. The Balaban J connectivity index is 1.87. The Labute approximate surface area is 148 Å². The summed E-state index contributed by atoms with van der Waals surface area (Å²) in [4.78, 5) is 14.7. The fourth-order valence-corrected chi connectivity index (χ4v) is 4.66. The number of aryl methyl sites for hydroxylation is 2. The predicted octanol–water partition coefficient (Wildman–Crippen LogP) is 2.73. The first kappa shape index (κ1) is 17.6. The maximum absolute atomic E-state index is 12.9. The highest BCUT2D eigenvalue weighted by atomic mass is 32.2. The van der Waals surface area contributed by atoms with Crippen molar-refractivity contribution in [1.82, 2.24) is 4.31 Å². The van der Waals surface area contributed by atoms with Gasteiger partial charge in [-0.25, -0.2) is 8.42 Å². The lowest BCUT2D eigenvalue weighted by Crippen LogP contribution is -2.57. The fraction of sp³-hybridized carbons (Fsp3) is 0.316. The number of carbonyl (C=O) groups is 1. The molecule has 0 saturated carbocycles. The Bertz CT molecular complexity index is 891. The van der Waals surface area contributed by atoms with Crippen LogP contribution in [0.2, 0.25) is 0 Å². The number of sulfonamides is 1. The van der Waals surface area contributed by atoms with Crippen LogP contribution in [0.1, 0.15) is 18.1 Å². The zero-order chi connectivity index (χ0) is 18.2. The van der Waals surface area contributed by atoms with E-state index >= 15 is 0 Å². The third kappa shape index (κ3) is 3.32. The SMILES string of the molecule is Cc1ccc(S(=O)(=O)N2CCN(c3cccc(C)c3)C(=O)[C@H]2C)cc1. The molecule has 1 amide bonds. The van der Waals surface area contributed by atoms with Gasteiger partial charge in [-0.1, -0.05) is 29.8 Å². The molecule has 0 spiro atoms. The van der Waals surface area contributed by atoms with Gasteiger partial charge in [-0.05, 0) is 50.6 Å². The number of rotatable bonds is 3. The van der Waals surface area contributed by atoms with Gasteiger partial charge in [-0.2, -0.15) is 4.31 Å². The van der Waals surface area contributed by atoms with Crippen LogP contribution in [0.3, 0.4) is 0 Å². The van der Waals surface area contributed by atoms with Crippen molar-refractivity contribution in [3.05, 3.63) is 59.7 Å². The van der Waals surface area contributed by atoms with Gasteiger partial charge in [0.25, 0.3) is 0 Å². The van der Waals surface area contributed by atoms with E-state index in [2.05, 4.69) is 0 Å². The summed E-state index contributed by atoms with van der Waals surface area (Å²) in [6, 6.07) is 13.7. The van der Waals surface area contributed by atoms with Crippen LogP contribution in [0.15, 0.2) is 53.4 Å². The number of nitrogens with zero attached hydrogens (tertiary/aromatic N) is 2. The zero-order valence-electron chi connectivity index (χ0n) is 14.6. The Morgan fingerprint density at radius 2 is 1.64 bits per heavy atom. The Morgan fingerprint density at radius 3 is 2.28 bits per heavy atom. The molecular formula is C19H22N2O3S. The molecule has 6 heteroatoms. The maximum atomic E-state index is 12.9. The van der Waals surface area contributed by atoms with Gasteiger partial charge >= 0.3 is 0 Å². The highest BCUT2D eigenvalue weighted by molar-refractivity contribution is 7.89. The van der Waals surface area contributed by atoms with Crippen LogP contribution in [-0.2, 0) is 14.8 Å². The molecule has 1 aliphatic rings. The molecule has 0 aromatic heterocycles. The third-order valence-corrected chi connectivity index (χ3v) is 6.52. The molecule has 0 aliphatic carbocycles. The predicted molar refractivity (Wildman–Crippen MR) is 98.1 cm³/mol. The summed E-state index contributed by atoms with van der Waals surface area (Å²) in [5, 5.41) is 0. The van der Waals surface area contributed by atoms with E-state index in [1.807, 2.05) is 38.1 Å². The van der Waals surface area contributed by atoms with Crippen molar-refractivity contribution >= 4 is 21.6 Å². The molecule has 25 heavy (non-hydrogen) atoms. The van der Waals surface area contributed by atoms with Crippen LogP contribution in [0.5, 0.6) is 0 Å². The minimum Gasteiger partial charge on any atom is -0.310 e. The Kier molecular flexibility index (Phi) is 4.67. The summed E-state index contributed by atoms with van der Waals surface area (Å²) < 4.78 is 27.1. The van der Waals surface area contributed by atoms with Crippen LogP contribution in [0, 0.1) is 13.8 Å². The van der Waals surface area contributed by atoms with Gasteiger partial charge in [0, 0.05) is 18.8 Å². The quantitative estimate of drug-likeness (QED) is 0.848. The zero-order valence-corrected chi connectivity index (χ0v) is 15.5. The van der Waals surface area contributed by atoms with E-state index in [0.717, 1.165) is 16.8 Å². The van der Waals surface area contributed by atoms with Gasteiger partial charge in [0.1, 0.15) is 6.04 Å². The molecule has 0 unspecified atom stereocenters. The molecule has 2 aromatic carbocycles. The highest BCUT2D eigenvalue weighted by Gasteiger charge is 2.39. The molecule has 2 aromatic rings. The van der Waals surface area contributed by atoms with Crippen molar-refractivity contribution in [2.45, 2.75) is 31.7 Å². The summed E-state index contributed by atoms with van der Waals surface area (Å²) in [7, 11) is -3.69. The van der Waals surface area contributed by atoms with E-state index in [-0.39, 0.29) is 17.3 Å². The lowest BCUT2D eigenvalue weighted by Gasteiger charge is -2.38. The molecule has 1 atom stereocenters. The first-order chi connectivity index (χ1) is 11.8. The number of hydrogen-bond acceptors (Lipinski definition) is 3. The first-order valence-corrected chi connectivity index (χ1v) is 9.71. The lowest BCUT2D eigenvalue weighted by atomic mass is 10.1. The van der Waals surface area contributed by atoms with Crippen molar-refractivity contribution in [3.63, 3.8) is 0 Å². The lowest BCUT2D eigenvalue weighted by molar-refractivity contribution is -0.123. The summed E-state index contributed by atoms with van der Waals surface area (Å²) in [6.07, 6.45) is 0. The molecule has 132 valence electrons. The number of benzene rings is 2. The second-order valence-corrected chi connectivity index (χ2v) is 8.32. The average molecular weight is 358 g/mol. The van der Waals surface area contributed by atoms with E-state index in [9.17, 15) is 13.2 Å². The smallest absolute Gasteiger partial charge is 0.245 e. The molecule has 1 heterocycles. The molecule has 1 aliphatic heterocycles. The number of piperazine rings is 1. The van der Waals surface area contributed by atoms with Gasteiger partial charge in [0.05, 0.1) is 4.90 Å². The molecule has 0 bridgehead atoms. The van der Waals surface area contributed by atoms with Crippen LogP contribution in [0.25, 0.3) is 0 Å². The minimum atomic E-state index is -3.69. The van der Waals surface area contributed by atoms with Crippen molar-refractivity contribution < 1.29 is 13.2 Å². The van der Waals surface area contributed by atoms with E-state index in [0.29, 0.717) is 6.54 Å². The van der Waals surface area contributed by atoms with Gasteiger partial charge < -0.3 is 4.90 Å². The summed E-state index contributed by atoms with van der Waals surface area (Å²) in [6.45, 7) is 6.14. The highest BCUT2D eigenvalue weighted by Crippen LogP contribution is 2.26. The van der Waals surface area contributed by atoms with Gasteiger partial charge in [0.15, 0.2) is 0 Å². The van der Waals surface area contributed by atoms with Crippen molar-refractivity contribution in [3.8, 4) is 0 Å². The van der Waals surface area contributed by atoms with E-state index < -0.39 is 16.1 Å². The van der Waals surface area contributed by atoms with E-state index in [4.69, 9.17) is 0 Å². The maximum Gasteiger partial charge on any atom is 0.245 e. The minimum absolute atomic E-state index is 0.201. The Hall–Kier alpha value is -2.18. The summed E-state index contributed by atoms with van der Waals surface area (Å²) >= 11 is 0. The number of carbonyl (C=O) groups excluding carboxylic acids is 1. The van der Waals surface area contributed by atoms with Crippen LogP contribution >= 0.6 is 0 Å². The monoisotopic (exact) mass is 358 g/mol. The molecule has 0 N–H and O–H groups in total. The second kappa shape index (κ2) is 6.61. The van der Waals surface area contributed by atoms with Crippen LogP contribution in [0.4, 0.5) is 5.69 Å². The molecular weight excluding hydrogens is 336 g/mol. The summed E-state index contributed by atoms with van der Waals surface area (Å²) in [5.74, 6) is -0.201. The first-order valence-electron chi connectivity index (χ1n) is 8.27. The van der Waals surface area contributed by atoms with E-state index in [1.54, 1.807) is 36.1 Å². The topological polar surface area (TPSA) is 57.7 Å². The number of anilines is 1. The molecule has 0 radical (unpaired) electrons. The van der Waals surface area contributed by atoms with Crippen molar-refractivity contribution in [1.29, 1.82) is 0 Å². The largest absolute Gasteiger partial charge is 0.310 e. The van der Waals surface area contributed by atoms with Crippen LogP contribution in [-0.4, -0.2) is 37.8 Å². The normalized spacial score (nSPS) is 19.2. The summed E-state index contributed by atoms with van der Waals surface area (Å²) in [5.41, 5.74) is 2.87. The van der Waals surface area contributed by atoms with Gasteiger partial charge in [0.2, 0.25) is 15.9 Å². The van der Waals surface area contributed by atoms with Gasteiger partial charge in [-0.3, -0.25) is 4.79 Å². The fourth-order valence-electron chi connectivity index (χ4n) is 3.08. The van der Waals surface area contributed by atoms with Crippen LogP contribution < -0.4 is 4.90 Å². The molecule has 3 rings (SSSR count). The van der Waals surface area contributed by atoms with Crippen molar-refractivity contribution in [2.75, 3.05) is 18.0 Å². The second-order valence-electron chi connectivity index (χ2n) is 6.43. The van der Waals surface area contributed by atoms with E-state index in [1.165, 1.54) is 4.31 Å². The van der Waals surface area contributed by atoms with Crippen molar-refractivity contribution in [2.24, 2.45) is 0 Å². The van der Waals surface area contributed by atoms with Gasteiger partial charge in [-0.15, -0.1) is 0 Å². The number of hydrogen-bond donors (Lipinski definition) is 0. The third-order valence-electron chi connectivity index (χ3n) is 4.54. The average Bonchev–Trinajstić information content (AvgIpc) is 2.57. The number of amides is 1. The Morgan fingerprint density at radius 1 is 0.960 bits per heavy atom. The molecule has 1 saturated heterocycles.